The molecular weight excluding hydrogens is 311 g/mol. The summed E-state index contributed by atoms with van der Waals surface area (Å²) in [6.07, 6.45) is 0. The molecule has 0 aliphatic heterocycles. The van der Waals surface area contributed by atoms with Gasteiger partial charge < -0.3 is 11.1 Å². The molecule has 0 saturated heterocycles. The van der Waals surface area contributed by atoms with Crippen molar-refractivity contribution < 1.29 is 9.18 Å². The van der Waals surface area contributed by atoms with Crippen LogP contribution >= 0.6 is 22.9 Å². The first kappa shape index (κ1) is 13.9. The highest BCUT2D eigenvalue weighted by Gasteiger charge is 2.18. The molecule has 1 heterocycles. The summed E-state index contributed by atoms with van der Waals surface area (Å²) in [5.41, 5.74) is 6.74. The predicted molar refractivity (Wildman–Crippen MR) is 85.6 cm³/mol. The zero-order valence-electron chi connectivity index (χ0n) is 10.7. The van der Waals surface area contributed by atoms with Gasteiger partial charge in [0, 0.05) is 15.8 Å². The molecule has 0 bridgehead atoms. The molecule has 3 rings (SSSR count). The van der Waals surface area contributed by atoms with E-state index in [9.17, 15) is 9.18 Å². The summed E-state index contributed by atoms with van der Waals surface area (Å²) in [6, 6.07) is 11.1. The van der Waals surface area contributed by atoms with Gasteiger partial charge in [0.2, 0.25) is 0 Å². The second-order valence-corrected chi connectivity index (χ2v) is 5.88. The van der Waals surface area contributed by atoms with Crippen molar-refractivity contribution in [2.45, 2.75) is 0 Å². The number of fused-ring (bicyclic) bond motifs is 1. The molecule has 1 amide bonds. The van der Waals surface area contributed by atoms with Crippen molar-refractivity contribution in [3.05, 3.63) is 58.2 Å². The van der Waals surface area contributed by atoms with E-state index < -0.39 is 5.82 Å². The van der Waals surface area contributed by atoms with Gasteiger partial charge in [-0.05, 0) is 30.3 Å². The molecule has 1 aromatic heterocycles. The molecule has 0 radical (unpaired) electrons. The van der Waals surface area contributed by atoms with Crippen molar-refractivity contribution in [2.24, 2.45) is 0 Å². The van der Waals surface area contributed by atoms with Gasteiger partial charge in [0.05, 0.1) is 10.7 Å². The monoisotopic (exact) mass is 320 g/mol. The Morgan fingerprint density at radius 3 is 2.71 bits per heavy atom. The Kier molecular flexibility index (Phi) is 3.53. The molecule has 0 aliphatic rings. The lowest BCUT2D eigenvalue weighted by molar-refractivity contribution is 0.103. The van der Waals surface area contributed by atoms with Gasteiger partial charge in [0.1, 0.15) is 10.7 Å². The molecule has 2 aromatic carbocycles. The summed E-state index contributed by atoms with van der Waals surface area (Å²) in [5, 5.41) is 3.81. The lowest BCUT2D eigenvalue weighted by Gasteiger charge is -2.04. The van der Waals surface area contributed by atoms with E-state index in [-0.39, 0.29) is 5.91 Å². The Morgan fingerprint density at radius 2 is 2.00 bits per heavy atom. The van der Waals surface area contributed by atoms with Crippen molar-refractivity contribution in [3.8, 4) is 0 Å². The van der Waals surface area contributed by atoms with E-state index in [1.165, 1.54) is 29.5 Å². The topological polar surface area (TPSA) is 55.1 Å². The fraction of sp³-hybridized carbons (Fsp3) is 0. The van der Waals surface area contributed by atoms with Gasteiger partial charge in [0.25, 0.3) is 5.91 Å². The van der Waals surface area contributed by atoms with Gasteiger partial charge in [-0.15, -0.1) is 11.3 Å². The summed E-state index contributed by atoms with van der Waals surface area (Å²) in [6.45, 7) is 0. The minimum Gasteiger partial charge on any atom is -0.397 e. The van der Waals surface area contributed by atoms with Crippen LogP contribution in [-0.4, -0.2) is 5.91 Å². The Labute approximate surface area is 129 Å². The van der Waals surface area contributed by atoms with E-state index in [1.807, 2.05) is 6.07 Å². The Balaban J connectivity index is 1.99. The number of thiophene rings is 1. The predicted octanol–water partition coefficient (Wildman–Crippen LogP) is 4.53. The van der Waals surface area contributed by atoms with Crippen molar-refractivity contribution in [1.29, 1.82) is 0 Å². The highest BCUT2D eigenvalue weighted by molar-refractivity contribution is 7.21. The van der Waals surface area contributed by atoms with E-state index in [4.69, 9.17) is 17.3 Å². The maximum atomic E-state index is 13.1. The van der Waals surface area contributed by atoms with Crippen LogP contribution in [0.2, 0.25) is 5.02 Å². The van der Waals surface area contributed by atoms with Crippen LogP contribution < -0.4 is 11.1 Å². The number of nitrogens with two attached hydrogens (primary N) is 1. The van der Waals surface area contributed by atoms with Gasteiger partial charge in [0.15, 0.2) is 0 Å². The van der Waals surface area contributed by atoms with Crippen LogP contribution in [0.4, 0.5) is 15.8 Å². The molecule has 0 atom stereocenters. The zero-order chi connectivity index (χ0) is 15.0. The van der Waals surface area contributed by atoms with E-state index in [1.54, 1.807) is 18.2 Å². The van der Waals surface area contributed by atoms with Crippen molar-refractivity contribution in [3.63, 3.8) is 0 Å². The standard InChI is InChI=1S/C15H10ClFN2OS/c16-10-5-2-6-11-12(10)13(18)14(21-11)15(20)19-9-4-1-3-8(17)7-9/h1-7H,18H2,(H,19,20). The lowest BCUT2D eigenvalue weighted by Crippen LogP contribution is -2.12. The summed E-state index contributed by atoms with van der Waals surface area (Å²) >= 11 is 7.36. The number of anilines is 2. The molecule has 0 spiro atoms. The van der Waals surface area contributed by atoms with E-state index in [2.05, 4.69) is 5.32 Å². The summed E-state index contributed by atoms with van der Waals surface area (Å²) in [7, 11) is 0. The molecule has 6 heteroatoms. The van der Waals surface area contributed by atoms with Gasteiger partial charge in [-0.25, -0.2) is 4.39 Å². The van der Waals surface area contributed by atoms with Gasteiger partial charge >= 0.3 is 0 Å². The molecule has 106 valence electrons. The zero-order valence-corrected chi connectivity index (χ0v) is 12.3. The molecule has 0 unspecified atom stereocenters. The fourth-order valence-electron chi connectivity index (χ4n) is 2.05. The molecule has 0 saturated carbocycles. The number of nitrogens with one attached hydrogen (secondary N) is 1. The van der Waals surface area contributed by atoms with Crippen LogP contribution in [0.25, 0.3) is 10.1 Å². The van der Waals surface area contributed by atoms with Crippen molar-refractivity contribution in [1.82, 2.24) is 0 Å². The third kappa shape index (κ3) is 2.57. The molecule has 0 fully saturated rings. The number of nitrogen functional groups attached to an aromatic ring is 1. The van der Waals surface area contributed by atoms with Crippen molar-refractivity contribution >= 4 is 50.3 Å². The Hall–Kier alpha value is -2.11. The number of halogens is 2. The molecule has 3 nitrogen and oxygen atoms in total. The van der Waals surface area contributed by atoms with Crippen LogP contribution in [0.15, 0.2) is 42.5 Å². The summed E-state index contributed by atoms with van der Waals surface area (Å²) in [5.74, 6) is -0.796. The molecular formula is C15H10ClFN2OS. The number of amides is 1. The summed E-state index contributed by atoms with van der Waals surface area (Å²) < 4.78 is 14.0. The van der Waals surface area contributed by atoms with E-state index in [0.29, 0.717) is 26.7 Å². The Morgan fingerprint density at radius 1 is 1.24 bits per heavy atom. The third-order valence-electron chi connectivity index (χ3n) is 2.99. The number of benzene rings is 2. The van der Waals surface area contributed by atoms with Crippen LogP contribution in [-0.2, 0) is 0 Å². The maximum absolute atomic E-state index is 13.1. The summed E-state index contributed by atoms with van der Waals surface area (Å²) in [4.78, 5) is 12.6. The minimum atomic E-state index is -0.417. The van der Waals surface area contributed by atoms with Crippen LogP contribution in [0.3, 0.4) is 0 Å². The number of carbonyl (C=O) groups is 1. The first-order valence-corrected chi connectivity index (χ1v) is 7.29. The average Bonchev–Trinajstić information content (AvgIpc) is 2.77. The van der Waals surface area contributed by atoms with Crippen LogP contribution in [0.5, 0.6) is 0 Å². The number of carbonyl (C=O) groups excluding carboxylic acids is 1. The molecule has 3 N–H and O–H groups in total. The van der Waals surface area contributed by atoms with Gasteiger partial charge in [-0.3, -0.25) is 4.79 Å². The highest BCUT2D eigenvalue weighted by Crippen LogP contribution is 2.38. The minimum absolute atomic E-state index is 0.342. The largest absolute Gasteiger partial charge is 0.397 e. The number of hydrogen-bond donors (Lipinski definition) is 2. The third-order valence-corrected chi connectivity index (χ3v) is 4.47. The first-order chi connectivity index (χ1) is 10.1. The smallest absolute Gasteiger partial charge is 0.267 e. The van der Waals surface area contributed by atoms with Gasteiger partial charge in [-0.1, -0.05) is 23.7 Å². The normalized spacial score (nSPS) is 10.8. The van der Waals surface area contributed by atoms with Crippen LogP contribution in [0, 0.1) is 5.82 Å². The lowest BCUT2D eigenvalue weighted by atomic mass is 10.2. The van der Waals surface area contributed by atoms with Crippen molar-refractivity contribution in [2.75, 3.05) is 11.1 Å². The van der Waals surface area contributed by atoms with E-state index in [0.717, 1.165) is 4.70 Å². The molecule has 3 aromatic rings. The van der Waals surface area contributed by atoms with Crippen LogP contribution in [0.1, 0.15) is 9.67 Å². The number of hydrogen-bond acceptors (Lipinski definition) is 3. The van der Waals surface area contributed by atoms with Gasteiger partial charge in [-0.2, -0.15) is 0 Å². The second-order valence-electron chi connectivity index (χ2n) is 4.42. The van der Waals surface area contributed by atoms with E-state index >= 15 is 0 Å². The average molecular weight is 321 g/mol. The second kappa shape index (κ2) is 5.35. The maximum Gasteiger partial charge on any atom is 0.267 e. The quantitative estimate of drug-likeness (QED) is 0.729. The number of rotatable bonds is 2. The SMILES string of the molecule is Nc1c(C(=O)Nc2cccc(F)c2)sc2cccc(Cl)c12. The molecule has 21 heavy (non-hydrogen) atoms. The Bertz CT molecular complexity index is 847. The fourth-order valence-corrected chi connectivity index (χ4v) is 3.43. The highest BCUT2D eigenvalue weighted by atomic mass is 35.5. The first-order valence-electron chi connectivity index (χ1n) is 6.09. The molecule has 0 aliphatic carbocycles.